The van der Waals surface area contributed by atoms with Crippen molar-refractivity contribution < 1.29 is 9.53 Å². The molecule has 1 heterocycles. The lowest BCUT2D eigenvalue weighted by Crippen LogP contribution is -2.42. The zero-order chi connectivity index (χ0) is 12.5. The Morgan fingerprint density at radius 3 is 2.82 bits per heavy atom. The number of unbranched alkanes of at least 4 members (excludes halogenated alkanes) is 1. The van der Waals surface area contributed by atoms with Crippen molar-refractivity contribution >= 4 is 11.9 Å². The topological polar surface area (TPSA) is 79.9 Å². The van der Waals surface area contributed by atoms with Gasteiger partial charge in [-0.25, -0.2) is 4.99 Å². The minimum Gasteiger partial charge on any atom is -0.378 e. The molecule has 0 aromatic heterocycles. The Balaban J connectivity index is 2.22. The maximum atomic E-state index is 11.7. The summed E-state index contributed by atoms with van der Waals surface area (Å²) in [5, 5.41) is 2.97. The van der Waals surface area contributed by atoms with E-state index in [2.05, 4.69) is 17.2 Å². The van der Waals surface area contributed by atoms with Gasteiger partial charge in [0.1, 0.15) is 6.54 Å². The summed E-state index contributed by atoms with van der Waals surface area (Å²) in [7, 11) is 0. The van der Waals surface area contributed by atoms with Crippen molar-refractivity contribution in [2.45, 2.75) is 19.8 Å². The van der Waals surface area contributed by atoms with E-state index in [9.17, 15) is 4.79 Å². The fourth-order valence-electron chi connectivity index (χ4n) is 1.51. The summed E-state index contributed by atoms with van der Waals surface area (Å²) in [5.41, 5.74) is 5.64. The van der Waals surface area contributed by atoms with Gasteiger partial charge < -0.3 is 20.7 Å². The quantitative estimate of drug-likeness (QED) is 0.389. The van der Waals surface area contributed by atoms with E-state index in [4.69, 9.17) is 10.5 Å². The molecule has 0 aliphatic carbocycles. The van der Waals surface area contributed by atoms with Gasteiger partial charge in [-0.3, -0.25) is 4.79 Å². The lowest BCUT2D eigenvalue weighted by molar-refractivity contribution is -0.133. The molecule has 6 nitrogen and oxygen atoms in total. The van der Waals surface area contributed by atoms with Gasteiger partial charge in [-0.15, -0.1) is 0 Å². The zero-order valence-corrected chi connectivity index (χ0v) is 10.4. The number of rotatable bonds is 5. The summed E-state index contributed by atoms with van der Waals surface area (Å²) in [6, 6.07) is 0. The fourth-order valence-corrected chi connectivity index (χ4v) is 1.51. The van der Waals surface area contributed by atoms with Crippen LogP contribution in [0.15, 0.2) is 4.99 Å². The summed E-state index contributed by atoms with van der Waals surface area (Å²) in [6.07, 6.45) is 2.15. The normalized spacial score (nSPS) is 17.0. The molecule has 0 radical (unpaired) electrons. The Hall–Kier alpha value is -1.30. The minimum absolute atomic E-state index is 0.00791. The van der Waals surface area contributed by atoms with Gasteiger partial charge in [0.2, 0.25) is 5.91 Å². The van der Waals surface area contributed by atoms with E-state index in [1.54, 1.807) is 4.90 Å². The van der Waals surface area contributed by atoms with E-state index in [1.165, 1.54) is 0 Å². The zero-order valence-electron chi connectivity index (χ0n) is 10.4. The summed E-state index contributed by atoms with van der Waals surface area (Å²) >= 11 is 0. The van der Waals surface area contributed by atoms with Gasteiger partial charge in [0.05, 0.1) is 13.2 Å². The summed E-state index contributed by atoms with van der Waals surface area (Å²) in [6.45, 7) is 5.55. The second kappa shape index (κ2) is 7.89. The summed E-state index contributed by atoms with van der Waals surface area (Å²) in [5.74, 6) is 0.355. The van der Waals surface area contributed by atoms with Gasteiger partial charge in [0.15, 0.2) is 5.96 Å². The molecule has 1 fully saturated rings. The van der Waals surface area contributed by atoms with E-state index >= 15 is 0 Å². The Labute approximate surface area is 102 Å². The van der Waals surface area contributed by atoms with E-state index in [-0.39, 0.29) is 12.5 Å². The number of nitrogens with two attached hydrogens (primary N) is 1. The van der Waals surface area contributed by atoms with Crippen LogP contribution in [0, 0.1) is 0 Å². The van der Waals surface area contributed by atoms with Gasteiger partial charge in [-0.2, -0.15) is 0 Å². The van der Waals surface area contributed by atoms with Crippen LogP contribution in [0.2, 0.25) is 0 Å². The van der Waals surface area contributed by atoms with Crippen LogP contribution in [0.25, 0.3) is 0 Å². The van der Waals surface area contributed by atoms with E-state index in [1.807, 2.05) is 0 Å². The number of guanidine groups is 1. The first-order valence-corrected chi connectivity index (χ1v) is 6.13. The first-order chi connectivity index (χ1) is 8.24. The van der Waals surface area contributed by atoms with Crippen LogP contribution in [0.4, 0.5) is 0 Å². The van der Waals surface area contributed by atoms with Gasteiger partial charge in [0, 0.05) is 19.6 Å². The predicted molar refractivity (Wildman–Crippen MR) is 66.8 cm³/mol. The third-order valence-electron chi connectivity index (χ3n) is 2.58. The number of aliphatic imine (C=N–C) groups is 1. The molecule has 0 unspecified atom stereocenters. The van der Waals surface area contributed by atoms with Crippen molar-refractivity contribution in [3.8, 4) is 0 Å². The number of nitrogens with one attached hydrogen (secondary N) is 1. The fraction of sp³-hybridized carbons (Fsp3) is 0.818. The van der Waals surface area contributed by atoms with Crippen LogP contribution in [0.3, 0.4) is 0 Å². The van der Waals surface area contributed by atoms with Gasteiger partial charge in [0.25, 0.3) is 0 Å². The first kappa shape index (κ1) is 13.8. The molecule has 1 aliphatic rings. The Morgan fingerprint density at radius 1 is 1.47 bits per heavy atom. The molecule has 0 aromatic rings. The number of amides is 1. The van der Waals surface area contributed by atoms with Crippen molar-refractivity contribution in [1.29, 1.82) is 0 Å². The highest BCUT2D eigenvalue weighted by atomic mass is 16.5. The van der Waals surface area contributed by atoms with Crippen molar-refractivity contribution in [3.63, 3.8) is 0 Å². The number of hydrogen-bond acceptors (Lipinski definition) is 3. The predicted octanol–water partition coefficient (Wildman–Crippen LogP) is -0.450. The van der Waals surface area contributed by atoms with Crippen LogP contribution < -0.4 is 11.1 Å². The number of carbonyl (C=O) groups excluding carboxylic acids is 1. The minimum atomic E-state index is 0.00791. The van der Waals surface area contributed by atoms with Crippen molar-refractivity contribution in [1.82, 2.24) is 10.2 Å². The Kier molecular flexibility index (Phi) is 6.39. The molecule has 98 valence electrons. The van der Waals surface area contributed by atoms with E-state index in [0.717, 1.165) is 19.4 Å². The van der Waals surface area contributed by atoms with Crippen molar-refractivity contribution in [2.24, 2.45) is 10.7 Å². The molecule has 17 heavy (non-hydrogen) atoms. The average molecular weight is 242 g/mol. The molecule has 0 saturated carbocycles. The molecule has 1 saturated heterocycles. The van der Waals surface area contributed by atoms with Gasteiger partial charge in [-0.05, 0) is 6.42 Å². The third-order valence-corrected chi connectivity index (χ3v) is 2.58. The molecule has 3 N–H and O–H groups in total. The highest BCUT2D eigenvalue weighted by Gasteiger charge is 2.15. The second-order valence-electron chi connectivity index (χ2n) is 3.97. The first-order valence-electron chi connectivity index (χ1n) is 6.13. The number of hydrogen-bond donors (Lipinski definition) is 2. The lowest BCUT2D eigenvalue weighted by Gasteiger charge is -2.26. The smallest absolute Gasteiger partial charge is 0.244 e. The van der Waals surface area contributed by atoms with Crippen LogP contribution >= 0.6 is 0 Å². The molecule has 0 atom stereocenters. The maximum Gasteiger partial charge on any atom is 0.244 e. The Bertz CT molecular complexity index is 262. The van der Waals surface area contributed by atoms with Crippen LogP contribution in [0.1, 0.15) is 19.8 Å². The summed E-state index contributed by atoms with van der Waals surface area (Å²) < 4.78 is 5.17. The standard InChI is InChI=1S/C11H22N4O2/c1-2-3-4-13-11(12)14-9-10(16)15-5-7-17-8-6-15/h2-9H2,1H3,(H3,12,13,14). The Morgan fingerprint density at radius 2 is 2.18 bits per heavy atom. The van der Waals surface area contributed by atoms with Gasteiger partial charge in [-0.1, -0.05) is 13.3 Å². The molecular weight excluding hydrogens is 220 g/mol. The molecule has 1 amide bonds. The van der Waals surface area contributed by atoms with E-state index in [0.29, 0.717) is 32.3 Å². The van der Waals surface area contributed by atoms with E-state index < -0.39 is 0 Å². The van der Waals surface area contributed by atoms with Gasteiger partial charge >= 0.3 is 0 Å². The molecule has 1 rings (SSSR count). The maximum absolute atomic E-state index is 11.7. The highest BCUT2D eigenvalue weighted by molar-refractivity contribution is 5.84. The van der Waals surface area contributed by atoms with Crippen molar-refractivity contribution in [2.75, 3.05) is 39.4 Å². The molecule has 0 aromatic carbocycles. The summed E-state index contributed by atoms with van der Waals surface area (Å²) in [4.78, 5) is 17.5. The largest absolute Gasteiger partial charge is 0.378 e. The number of nitrogens with zero attached hydrogens (tertiary/aromatic N) is 2. The number of carbonyl (C=O) groups is 1. The number of morpholine rings is 1. The highest BCUT2D eigenvalue weighted by Crippen LogP contribution is 1.97. The third kappa shape index (κ3) is 5.53. The lowest BCUT2D eigenvalue weighted by atomic mass is 10.3. The molecule has 6 heteroatoms. The molecule has 0 bridgehead atoms. The van der Waals surface area contributed by atoms with Crippen LogP contribution in [-0.4, -0.2) is 56.2 Å². The molecule has 1 aliphatic heterocycles. The second-order valence-corrected chi connectivity index (χ2v) is 3.97. The number of ether oxygens (including phenoxy) is 1. The van der Waals surface area contributed by atoms with Crippen molar-refractivity contribution in [3.05, 3.63) is 0 Å². The monoisotopic (exact) mass is 242 g/mol. The van der Waals surface area contributed by atoms with Crippen LogP contribution in [-0.2, 0) is 9.53 Å². The molecule has 0 spiro atoms. The van der Waals surface area contributed by atoms with Crippen LogP contribution in [0.5, 0.6) is 0 Å². The average Bonchev–Trinajstić information content (AvgIpc) is 2.37. The molecular formula is C11H22N4O2. The SMILES string of the molecule is CCCCNC(N)=NCC(=O)N1CCOCC1.